The second-order valence-electron chi connectivity index (χ2n) is 7.54. The predicted molar refractivity (Wildman–Crippen MR) is 127 cm³/mol. The third kappa shape index (κ3) is 4.45. The van der Waals surface area contributed by atoms with Crippen LogP contribution in [0.5, 0.6) is 5.88 Å². The number of primary amides is 1. The standard InChI is InChI=1S/C22H18F2N6O5S/c1-10(29-9-14(30(33)34)21(28-29)35-2)20(32)27-16-15-12(11-6-4-3-5-7-11)8-13(18(23)24)26-22(15)36-17(16)19(25)31/h3-10,18H,1-2H3,(H2,25,31)(H,27,32). The van der Waals surface area contributed by atoms with E-state index in [2.05, 4.69) is 15.4 Å². The minimum Gasteiger partial charge on any atom is -0.475 e. The van der Waals surface area contributed by atoms with E-state index < -0.39 is 40.6 Å². The Labute approximate surface area is 205 Å². The summed E-state index contributed by atoms with van der Waals surface area (Å²) in [5.74, 6) is -1.88. The lowest BCUT2D eigenvalue weighted by Crippen LogP contribution is -2.25. The minimum absolute atomic E-state index is 0.000130. The zero-order valence-corrected chi connectivity index (χ0v) is 19.6. The summed E-state index contributed by atoms with van der Waals surface area (Å²) < 4.78 is 33.1. The van der Waals surface area contributed by atoms with Gasteiger partial charge in [0.1, 0.15) is 27.6 Å². The highest BCUT2D eigenvalue weighted by Crippen LogP contribution is 2.42. The number of nitrogens with two attached hydrogens (primary N) is 1. The number of nitrogens with zero attached hydrogens (tertiary/aromatic N) is 4. The molecule has 4 rings (SSSR count). The summed E-state index contributed by atoms with van der Waals surface area (Å²) >= 11 is 0.771. The lowest BCUT2D eigenvalue weighted by Gasteiger charge is -2.14. The molecule has 0 saturated carbocycles. The molecule has 3 heterocycles. The lowest BCUT2D eigenvalue weighted by molar-refractivity contribution is -0.385. The van der Waals surface area contributed by atoms with Crippen molar-refractivity contribution in [3.63, 3.8) is 0 Å². The number of thiophene rings is 1. The van der Waals surface area contributed by atoms with E-state index in [1.807, 2.05) is 0 Å². The number of ether oxygens (including phenoxy) is 1. The van der Waals surface area contributed by atoms with Crippen LogP contribution in [0.2, 0.25) is 0 Å². The van der Waals surface area contributed by atoms with E-state index in [0.717, 1.165) is 22.2 Å². The number of anilines is 1. The van der Waals surface area contributed by atoms with Crippen LogP contribution in [0, 0.1) is 10.1 Å². The molecule has 0 radical (unpaired) electrons. The first-order chi connectivity index (χ1) is 17.1. The molecule has 0 spiro atoms. The van der Waals surface area contributed by atoms with Crippen LogP contribution >= 0.6 is 11.3 Å². The first-order valence-corrected chi connectivity index (χ1v) is 11.1. The largest absolute Gasteiger partial charge is 0.475 e. The number of benzene rings is 1. The molecular weight excluding hydrogens is 498 g/mol. The molecule has 1 unspecified atom stereocenters. The van der Waals surface area contributed by atoms with Crippen LogP contribution in [0.4, 0.5) is 20.2 Å². The maximum absolute atomic E-state index is 13.6. The zero-order valence-electron chi connectivity index (χ0n) is 18.8. The van der Waals surface area contributed by atoms with Crippen LogP contribution in [-0.2, 0) is 4.79 Å². The molecule has 0 saturated heterocycles. The number of nitrogens with one attached hydrogen (secondary N) is 1. The van der Waals surface area contributed by atoms with Crippen LogP contribution in [-0.4, -0.2) is 38.6 Å². The number of halogens is 2. The number of carbonyl (C=O) groups excluding carboxylic acids is 2. The maximum atomic E-state index is 13.6. The number of pyridine rings is 1. The number of methoxy groups -OCH3 is 1. The number of hydrogen-bond donors (Lipinski definition) is 2. The monoisotopic (exact) mass is 516 g/mol. The normalized spacial score (nSPS) is 12.0. The van der Waals surface area contributed by atoms with Crippen molar-refractivity contribution in [3.05, 3.63) is 63.3 Å². The molecule has 3 aromatic heterocycles. The van der Waals surface area contributed by atoms with Gasteiger partial charge in [-0.3, -0.25) is 19.7 Å². The number of aromatic nitrogens is 3. The first kappa shape index (κ1) is 24.7. The molecule has 4 aromatic rings. The molecule has 2 amide bonds. The summed E-state index contributed by atoms with van der Waals surface area (Å²) in [5, 5.41) is 18.0. The fourth-order valence-electron chi connectivity index (χ4n) is 3.55. The van der Waals surface area contributed by atoms with E-state index in [9.17, 15) is 28.5 Å². The van der Waals surface area contributed by atoms with Crippen LogP contribution < -0.4 is 15.8 Å². The Morgan fingerprint density at radius 1 is 1.28 bits per heavy atom. The van der Waals surface area contributed by atoms with E-state index in [1.165, 1.54) is 20.1 Å². The van der Waals surface area contributed by atoms with E-state index >= 15 is 0 Å². The molecule has 14 heteroatoms. The quantitative estimate of drug-likeness (QED) is 0.261. The molecule has 36 heavy (non-hydrogen) atoms. The smallest absolute Gasteiger partial charge is 0.350 e. The third-order valence-corrected chi connectivity index (χ3v) is 6.41. The number of fused-ring (bicyclic) bond motifs is 1. The van der Waals surface area contributed by atoms with Gasteiger partial charge in [-0.15, -0.1) is 16.4 Å². The van der Waals surface area contributed by atoms with Crippen molar-refractivity contribution in [3.8, 4) is 17.0 Å². The Morgan fingerprint density at radius 2 is 1.97 bits per heavy atom. The summed E-state index contributed by atoms with van der Waals surface area (Å²) in [6, 6.07) is 8.66. The number of alkyl halides is 2. The molecule has 0 fully saturated rings. The van der Waals surface area contributed by atoms with Gasteiger partial charge >= 0.3 is 11.6 Å². The van der Waals surface area contributed by atoms with Gasteiger partial charge in [0.15, 0.2) is 0 Å². The molecule has 186 valence electrons. The van der Waals surface area contributed by atoms with Crippen molar-refractivity contribution < 1.29 is 28.0 Å². The second kappa shape index (κ2) is 9.65. The van der Waals surface area contributed by atoms with Gasteiger partial charge in [0.25, 0.3) is 12.3 Å². The number of hydrogen-bond acceptors (Lipinski definition) is 8. The fraction of sp³-hybridized carbons (Fsp3) is 0.182. The first-order valence-electron chi connectivity index (χ1n) is 10.3. The molecule has 0 aliphatic rings. The van der Waals surface area contributed by atoms with Crippen molar-refractivity contribution in [2.24, 2.45) is 5.73 Å². The summed E-state index contributed by atoms with van der Waals surface area (Å²) in [5.41, 5.74) is 5.47. The van der Waals surface area contributed by atoms with Crippen LogP contribution in [0.1, 0.15) is 34.8 Å². The SMILES string of the molecule is COc1nn(C(C)C(=O)Nc2c(C(N)=O)sc3nc(C(F)F)cc(-c4ccccc4)c23)cc1[N+](=O)[O-]. The molecular formula is C22H18F2N6O5S. The van der Waals surface area contributed by atoms with Crippen molar-refractivity contribution >= 4 is 44.7 Å². The highest BCUT2D eigenvalue weighted by molar-refractivity contribution is 7.21. The molecule has 3 N–H and O–H groups in total. The van der Waals surface area contributed by atoms with Crippen LogP contribution in [0.15, 0.2) is 42.6 Å². The molecule has 1 atom stereocenters. The number of nitro groups is 1. The molecule has 0 aliphatic heterocycles. The van der Waals surface area contributed by atoms with E-state index in [-0.39, 0.29) is 26.7 Å². The van der Waals surface area contributed by atoms with Crippen LogP contribution in [0.3, 0.4) is 0 Å². The summed E-state index contributed by atoms with van der Waals surface area (Å²) in [6.07, 6.45) is -1.84. The van der Waals surface area contributed by atoms with Crippen molar-refractivity contribution in [1.29, 1.82) is 0 Å². The van der Waals surface area contributed by atoms with Gasteiger partial charge in [-0.25, -0.2) is 18.4 Å². The molecule has 11 nitrogen and oxygen atoms in total. The predicted octanol–water partition coefficient (Wildman–Crippen LogP) is 4.31. The van der Waals surface area contributed by atoms with Gasteiger partial charge < -0.3 is 15.8 Å². The number of rotatable bonds is 8. The van der Waals surface area contributed by atoms with Crippen molar-refractivity contribution in [2.45, 2.75) is 19.4 Å². The maximum Gasteiger partial charge on any atom is 0.350 e. The molecule has 1 aromatic carbocycles. The Hall–Kier alpha value is -4.46. The Balaban J connectivity index is 1.84. The zero-order chi connectivity index (χ0) is 26.1. The average Bonchev–Trinajstić information content (AvgIpc) is 3.45. The number of amides is 2. The van der Waals surface area contributed by atoms with Gasteiger partial charge in [-0.1, -0.05) is 30.3 Å². The van der Waals surface area contributed by atoms with Gasteiger partial charge in [-0.05, 0) is 24.1 Å². The van der Waals surface area contributed by atoms with Gasteiger partial charge in [0.2, 0.25) is 5.91 Å². The topological polar surface area (TPSA) is 155 Å². The third-order valence-electron chi connectivity index (χ3n) is 5.31. The molecule has 0 bridgehead atoms. The van der Waals surface area contributed by atoms with Gasteiger partial charge in [0, 0.05) is 5.39 Å². The second-order valence-corrected chi connectivity index (χ2v) is 8.54. The minimum atomic E-state index is -2.88. The van der Waals surface area contributed by atoms with Crippen LogP contribution in [0.25, 0.3) is 21.3 Å². The van der Waals surface area contributed by atoms with Crippen molar-refractivity contribution in [2.75, 3.05) is 12.4 Å². The highest BCUT2D eigenvalue weighted by Gasteiger charge is 2.29. The molecule has 0 aliphatic carbocycles. The average molecular weight is 516 g/mol. The Kier molecular flexibility index (Phi) is 6.61. The summed E-state index contributed by atoms with van der Waals surface area (Å²) in [4.78, 5) is 39.9. The Morgan fingerprint density at radius 3 is 2.53 bits per heavy atom. The summed E-state index contributed by atoms with van der Waals surface area (Å²) in [6.45, 7) is 1.43. The van der Waals surface area contributed by atoms with E-state index in [0.29, 0.717) is 11.1 Å². The Bertz CT molecular complexity index is 1490. The van der Waals surface area contributed by atoms with Crippen molar-refractivity contribution in [1.82, 2.24) is 14.8 Å². The van der Waals surface area contributed by atoms with E-state index in [1.54, 1.807) is 30.3 Å². The summed E-state index contributed by atoms with van der Waals surface area (Å²) in [7, 11) is 1.20. The highest BCUT2D eigenvalue weighted by atomic mass is 32.1. The van der Waals surface area contributed by atoms with Gasteiger partial charge in [-0.2, -0.15) is 0 Å². The van der Waals surface area contributed by atoms with E-state index in [4.69, 9.17) is 10.5 Å². The fourth-order valence-corrected chi connectivity index (χ4v) is 4.56. The lowest BCUT2D eigenvalue weighted by atomic mass is 10.0. The number of carbonyl (C=O) groups is 2. The van der Waals surface area contributed by atoms with Gasteiger partial charge in [0.05, 0.1) is 17.7 Å².